The van der Waals surface area contributed by atoms with Crippen molar-refractivity contribution in [3.8, 4) is 11.3 Å². The van der Waals surface area contributed by atoms with E-state index in [-0.39, 0.29) is 6.61 Å². The maximum absolute atomic E-state index is 8.68. The lowest BCUT2D eigenvalue weighted by Crippen LogP contribution is -2.07. The molecule has 6 heteroatoms. The number of nitrogens with one attached hydrogen (secondary N) is 2. The monoisotopic (exact) mass is 233 g/mol. The van der Waals surface area contributed by atoms with E-state index >= 15 is 0 Å². The molecule has 0 amide bonds. The van der Waals surface area contributed by atoms with E-state index < -0.39 is 0 Å². The Morgan fingerprint density at radius 3 is 2.65 bits per heavy atom. The molecule has 2 aromatic rings. The number of anilines is 1. The molecule has 0 aliphatic heterocycles. The Balaban J connectivity index is 2.23. The van der Waals surface area contributed by atoms with Crippen LogP contribution in [0.25, 0.3) is 11.3 Å². The van der Waals surface area contributed by atoms with Crippen LogP contribution in [0, 0.1) is 13.8 Å². The van der Waals surface area contributed by atoms with Gasteiger partial charge in [-0.2, -0.15) is 5.10 Å². The summed E-state index contributed by atoms with van der Waals surface area (Å²) >= 11 is 0. The number of aliphatic hydroxyl groups excluding tert-OH is 1. The van der Waals surface area contributed by atoms with Crippen LogP contribution in [0.4, 0.5) is 5.82 Å². The first kappa shape index (κ1) is 11.5. The molecule has 0 bridgehead atoms. The van der Waals surface area contributed by atoms with Crippen LogP contribution in [-0.2, 0) is 0 Å². The molecule has 2 aromatic heterocycles. The van der Waals surface area contributed by atoms with Gasteiger partial charge in [-0.05, 0) is 26.0 Å². The Morgan fingerprint density at radius 2 is 2.12 bits per heavy atom. The van der Waals surface area contributed by atoms with E-state index in [9.17, 15) is 0 Å². The number of hydrogen-bond acceptors (Lipinski definition) is 5. The third kappa shape index (κ3) is 2.42. The highest BCUT2D eigenvalue weighted by Gasteiger charge is 2.10. The average Bonchev–Trinajstić information content (AvgIpc) is 2.67. The van der Waals surface area contributed by atoms with Crippen molar-refractivity contribution in [2.24, 2.45) is 0 Å². The maximum atomic E-state index is 8.68. The third-order valence-corrected chi connectivity index (χ3v) is 2.47. The van der Waals surface area contributed by atoms with Gasteiger partial charge in [0.25, 0.3) is 0 Å². The molecule has 17 heavy (non-hydrogen) atoms. The van der Waals surface area contributed by atoms with Crippen molar-refractivity contribution < 1.29 is 5.11 Å². The first-order valence-corrected chi connectivity index (χ1v) is 5.42. The summed E-state index contributed by atoms with van der Waals surface area (Å²) in [7, 11) is 0. The lowest BCUT2D eigenvalue weighted by atomic mass is 10.1. The smallest absolute Gasteiger partial charge is 0.148 e. The zero-order valence-electron chi connectivity index (χ0n) is 9.86. The number of aliphatic hydroxyl groups is 1. The summed E-state index contributed by atoms with van der Waals surface area (Å²) in [6, 6.07) is 3.72. The lowest BCUT2D eigenvalue weighted by molar-refractivity contribution is 0.311. The van der Waals surface area contributed by atoms with Gasteiger partial charge in [-0.15, -0.1) is 10.2 Å². The highest BCUT2D eigenvalue weighted by atomic mass is 16.3. The van der Waals surface area contributed by atoms with Crippen LogP contribution in [-0.4, -0.2) is 38.7 Å². The second-order valence-corrected chi connectivity index (χ2v) is 3.76. The first-order chi connectivity index (χ1) is 8.22. The predicted octanol–water partition coefficient (Wildman–Crippen LogP) is 0.888. The Labute approximate surface area is 99.1 Å². The fourth-order valence-corrected chi connectivity index (χ4v) is 1.67. The van der Waals surface area contributed by atoms with E-state index in [1.54, 1.807) is 0 Å². The molecule has 0 aliphatic carbocycles. The van der Waals surface area contributed by atoms with E-state index in [4.69, 9.17) is 5.11 Å². The molecule has 90 valence electrons. The Morgan fingerprint density at radius 1 is 1.29 bits per heavy atom. The number of aromatic nitrogens is 4. The number of nitrogens with zero attached hydrogens (tertiary/aromatic N) is 3. The van der Waals surface area contributed by atoms with Crippen LogP contribution in [0.5, 0.6) is 0 Å². The van der Waals surface area contributed by atoms with Gasteiger partial charge in [0.05, 0.1) is 18.0 Å². The predicted molar refractivity (Wildman–Crippen MR) is 64.7 cm³/mol. The molecule has 0 spiro atoms. The van der Waals surface area contributed by atoms with Crippen LogP contribution in [0.1, 0.15) is 11.4 Å². The molecule has 0 saturated carbocycles. The lowest BCUT2D eigenvalue weighted by Gasteiger charge is -2.03. The molecule has 0 saturated heterocycles. The minimum Gasteiger partial charge on any atom is -0.395 e. The zero-order valence-corrected chi connectivity index (χ0v) is 9.86. The number of aryl methyl sites for hydroxylation is 2. The highest BCUT2D eigenvalue weighted by molar-refractivity contribution is 5.64. The number of aromatic amines is 1. The van der Waals surface area contributed by atoms with Gasteiger partial charge in [0, 0.05) is 17.8 Å². The second kappa shape index (κ2) is 4.92. The molecule has 0 aromatic carbocycles. The van der Waals surface area contributed by atoms with Crippen molar-refractivity contribution in [2.75, 3.05) is 18.5 Å². The van der Waals surface area contributed by atoms with Crippen molar-refractivity contribution in [1.29, 1.82) is 0 Å². The van der Waals surface area contributed by atoms with Crippen molar-refractivity contribution >= 4 is 5.82 Å². The van der Waals surface area contributed by atoms with Gasteiger partial charge < -0.3 is 10.4 Å². The largest absolute Gasteiger partial charge is 0.395 e. The second-order valence-electron chi connectivity index (χ2n) is 3.76. The average molecular weight is 233 g/mol. The molecular formula is C11H15N5O. The topological polar surface area (TPSA) is 86.7 Å². The van der Waals surface area contributed by atoms with Crippen LogP contribution < -0.4 is 5.32 Å². The summed E-state index contributed by atoms with van der Waals surface area (Å²) in [6.07, 6.45) is 0. The van der Waals surface area contributed by atoms with E-state index in [1.165, 1.54) is 0 Å². The summed E-state index contributed by atoms with van der Waals surface area (Å²) in [5.41, 5.74) is 3.68. The van der Waals surface area contributed by atoms with Crippen molar-refractivity contribution in [3.05, 3.63) is 23.5 Å². The van der Waals surface area contributed by atoms with Gasteiger partial charge in [-0.25, -0.2) is 0 Å². The quantitative estimate of drug-likeness (QED) is 0.730. The van der Waals surface area contributed by atoms with Crippen molar-refractivity contribution in [3.63, 3.8) is 0 Å². The van der Waals surface area contributed by atoms with E-state index in [2.05, 4.69) is 25.7 Å². The summed E-state index contributed by atoms with van der Waals surface area (Å²) in [5.74, 6) is 0.654. The van der Waals surface area contributed by atoms with Gasteiger partial charge in [-0.1, -0.05) is 0 Å². The fraction of sp³-hybridized carbons (Fsp3) is 0.364. The molecule has 2 heterocycles. The van der Waals surface area contributed by atoms with Crippen LogP contribution in [0.3, 0.4) is 0 Å². The van der Waals surface area contributed by atoms with Crippen LogP contribution >= 0.6 is 0 Å². The molecule has 2 rings (SSSR count). The molecule has 0 fully saturated rings. The summed E-state index contributed by atoms with van der Waals surface area (Å²) in [6.45, 7) is 4.43. The summed E-state index contributed by atoms with van der Waals surface area (Å²) in [5, 5.41) is 26.9. The number of rotatable bonds is 4. The normalized spacial score (nSPS) is 10.5. The van der Waals surface area contributed by atoms with Gasteiger partial charge in [0.2, 0.25) is 0 Å². The number of H-pyrrole nitrogens is 1. The van der Waals surface area contributed by atoms with Crippen molar-refractivity contribution in [1.82, 2.24) is 20.4 Å². The Kier molecular flexibility index (Phi) is 3.34. The van der Waals surface area contributed by atoms with Gasteiger partial charge in [0.1, 0.15) is 5.82 Å². The highest BCUT2D eigenvalue weighted by Crippen LogP contribution is 2.22. The zero-order chi connectivity index (χ0) is 12.3. The van der Waals surface area contributed by atoms with Gasteiger partial charge >= 0.3 is 0 Å². The van der Waals surface area contributed by atoms with Crippen LogP contribution in [0.2, 0.25) is 0 Å². The van der Waals surface area contributed by atoms with Crippen molar-refractivity contribution in [2.45, 2.75) is 13.8 Å². The SMILES string of the molecule is Cc1n[nH]c(C)c1-c1ccc(NCCO)nn1. The third-order valence-electron chi connectivity index (χ3n) is 2.47. The minimum atomic E-state index is 0.0728. The van der Waals surface area contributed by atoms with Crippen LogP contribution in [0.15, 0.2) is 12.1 Å². The minimum absolute atomic E-state index is 0.0728. The standard InChI is InChI=1S/C11H15N5O/c1-7-11(8(2)14-13-7)9-3-4-10(16-15-9)12-5-6-17/h3-4,17H,5-6H2,1-2H3,(H,12,16)(H,13,14). The maximum Gasteiger partial charge on any atom is 0.148 e. The van der Waals surface area contributed by atoms with E-state index in [0.717, 1.165) is 22.6 Å². The summed E-state index contributed by atoms with van der Waals surface area (Å²) in [4.78, 5) is 0. The fourth-order valence-electron chi connectivity index (χ4n) is 1.67. The molecule has 0 atom stereocenters. The molecular weight excluding hydrogens is 218 g/mol. The van der Waals surface area contributed by atoms with Gasteiger partial charge in [-0.3, -0.25) is 5.10 Å². The van der Waals surface area contributed by atoms with E-state index in [1.807, 2.05) is 26.0 Å². The summed E-state index contributed by atoms with van der Waals surface area (Å²) < 4.78 is 0. The first-order valence-electron chi connectivity index (χ1n) is 5.42. The Bertz CT molecular complexity index is 472. The molecule has 3 N–H and O–H groups in total. The van der Waals surface area contributed by atoms with E-state index in [0.29, 0.717) is 12.4 Å². The van der Waals surface area contributed by atoms with Gasteiger partial charge in [0.15, 0.2) is 0 Å². The molecule has 0 aliphatic rings. The Hall–Kier alpha value is -1.95. The number of hydrogen-bond donors (Lipinski definition) is 3. The molecule has 0 radical (unpaired) electrons. The molecule has 6 nitrogen and oxygen atoms in total. The molecule has 0 unspecified atom stereocenters.